The van der Waals surface area contributed by atoms with Crippen molar-refractivity contribution in [2.45, 2.75) is 25.2 Å². The monoisotopic (exact) mass is 429 g/mol. The molecule has 0 fully saturated rings. The fraction of sp³-hybridized carbons (Fsp3) is 0.318. The molecule has 1 aromatic carbocycles. The number of aliphatic hydroxyl groups excluding tert-OH is 1. The maximum atomic E-state index is 13.3. The molecule has 0 aliphatic carbocycles. The molecule has 162 valence electrons. The van der Waals surface area contributed by atoms with E-state index in [-0.39, 0.29) is 18.2 Å². The lowest BCUT2D eigenvalue weighted by Gasteiger charge is -2.30. The van der Waals surface area contributed by atoms with Gasteiger partial charge in [-0.2, -0.15) is 13.2 Å². The molecule has 0 saturated heterocycles. The molecule has 0 amide bonds. The lowest BCUT2D eigenvalue weighted by molar-refractivity contribution is -0.141. The fourth-order valence-corrected chi connectivity index (χ4v) is 3.61. The van der Waals surface area contributed by atoms with Gasteiger partial charge < -0.3 is 10.4 Å². The van der Waals surface area contributed by atoms with Crippen LogP contribution in [0.15, 0.2) is 54.9 Å². The van der Waals surface area contributed by atoms with Gasteiger partial charge in [-0.1, -0.05) is 24.3 Å². The Morgan fingerprint density at radius 2 is 1.81 bits per heavy atom. The predicted molar refractivity (Wildman–Crippen MR) is 110 cm³/mol. The standard InChI is InChI=1S/C22H22F3N5O/c23-22(24,25)19-11-20(29-21(28-19)16-5-8-26-9-6-16)27-12-18(31)14-30-10-7-15-3-1-2-4-17(15)13-30/h1-6,8-9,11,18,31H,7,10,12-14H2,(H,27,28,29). The smallest absolute Gasteiger partial charge is 0.390 e. The Labute approximate surface area is 177 Å². The van der Waals surface area contributed by atoms with Gasteiger partial charge in [-0.05, 0) is 29.7 Å². The molecule has 1 aliphatic heterocycles. The van der Waals surface area contributed by atoms with Crippen LogP contribution in [-0.4, -0.2) is 50.7 Å². The van der Waals surface area contributed by atoms with E-state index in [0.717, 1.165) is 25.6 Å². The van der Waals surface area contributed by atoms with Gasteiger partial charge in [0.25, 0.3) is 0 Å². The van der Waals surface area contributed by atoms with E-state index in [1.54, 1.807) is 12.1 Å². The molecule has 1 unspecified atom stereocenters. The van der Waals surface area contributed by atoms with E-state index in [4.69, 9.17) is 0 Å². The Hall–Kier alpha value is -3.04. The molecular weight excluding hydrogens is 407 g/mol. The number of nitrogens with one attached hydrogen (secondary N) is 1. The third-order valence-corrected chi connectivity index (χ3v) is 5.15. The van der Waals surface area contributed by atoms with Gasteiger partial charge in [-0.25, -0.2) is 9.97 Å². The maximum Gasteiger partial charge on any atom is 0.433 e. The first-order valence-electron chi connectivity index (χ1n) is 9.96. The highest BCUT2D eigenvalue weighted by Gasteiger charge is 2.34. The normalized spacial score (nSPS) is 15.4. The van der Waals surface area contributed by atoms with Crippen LogP contribution in [0.3, 0.4) is 0 Å². The molecule has 1 aliphatic rings. The highest BCUT2D eigenvalue weighted by Crippen LogP contribution is 2.30. The first-order chi connectivity index (χ1) is 14.9. The average molecular weight is 429 g/mol. The summed E-state index contributed by atoms with van der Waals surface area (Å²) in [5.41, 5.74) is 1.94. The highest BCUT2D eigenvalue weighted by molar-refractivity contribution is 5.57. The van der Waals surface area contributed by atoms with Crippen LogP contribution in [0, 0.1) is 0 Å². The number of halogens is 3. The Morgan fingerprint density at radius 3 is 2.55 bits per heavy atom. The summed E-state index contributed by atoms with van der Waals surface area (Å²) in [6, 6.07) is 12.1. The molecule has 4 rings (SSSR count). The summed E-state index contributed by atoms with van der Waals surface area (Å²) in [6.45, 7) is 2.05. The van der Waals surface area contributed by atoms with Gasteiger partial charge in [0.1, 0.15) is 5.82 Å². The second-order valence-corrected chi connectivity index (χ2v) is 7.48. The number of fused-ring (bicyclic) bond motifs is 1. The Kier molecular flexibility index (Phi) is 6.15. The number of hydrogen-bond acceptors (Lipinski definition) is 6. The summed E-state index contributed by atoms with van der Waals surface area (Å²) in [7, 11) is 0. The van der Waals surface area contributed by atoms with Crippen molar-refractivity contribution in [2.75, 3.05) is 25.0 Å². The summed E-state index contributed by atoms with van der Waals surface area (Å²) < 4.78 is 39.9. The number of pyridine rings is 1. The van der Waals surface area contributed by atoms with Crippen molar-refractivity contribution in [2.24, 2.45) is 0 Å². The molecule has 6 nitrogen and oxygen atoms in total. The number of alkyl halides is 3. The minimum atomic E-state index is -4.61. The molecule has 2 aromatic heterocycles. The van der Waals surface area contributed by atoms with E-state index in [1.165, 1.54) is 23.5 Å². The zero-order valence-electron chi connectivity index (χ0n) is 16.7. The number of aliphatic hydroxyl groups is 1. The number of β-amino-alcohol motifs (C(OH)–C–C–N with tert-alkyl or cyclic N) is 1. The first kappa shape index (κ1) is 21.2. The number of hydrogen-bond donors (Lipinski definition) is 2. The zero-order chi connectivity index (χ0) is 21.8. The molecule has 3 aromatic rings. The SMILES string of the molecule is OC(CNc1cc(C(F)(F)F)nc(-c2ccncc2)n1)CN1CCc2ccccc2C1. The van der Waals surface area contributed by atoms with Gasteiger partial charge in [0, 0.05) is 50.2 Å². The van der Waals surface area contributed by atoms with Crippen molar-refractivity contribution >= 4 is 5.82 Å². The summed E-state index contributed by atoms with van der Waals surface area (Å²) in [5.74, 6) is -0.0426. The first-order valence-corrected chi connectivity index (χ1v) is 9.96. The number of anilines is 1. The largest absolute Gasteiger partial charge is 0.433 e. The number of rotatable bonds is 6. The molecule has 31 heavy (non-hydrogen) atoms. The highest BCUT2D eigenvalue weighted by atomic mass is 19.4. The minimum absolute atomic E-state index is 0.0113. The summed E-state index contributed by atoms with van der Waals surface area (Å²) in [4.78, 5) is 13.8. The summed E-state index contributed by atoms with van der Waals surface area (Å²) in [6.07, 6.45) is -1.54. The van der Waals surface area contributed by atoms with Gasteiger partial charge in [0.05, 0.1) is 6.10 Å². The van der Waals surface area contributed by atoms with Crippen LogP contribution in [-0.2, 0) is 19.1 Å². The van der Waals surface area contributed by atoms with Gasteiger partial charge in [0.2, 0.25) is 0 Å². The zero-order valence-corrected chi connectivity index (χ0v) is 16.7. The van der Waals surface area contributed by atoms with Crippen LogP contribution in [0.2, 0.25) is 0 Å². The average Bonchev–Trinajstić information content (AvgIpc) is 2.77. The van der Waals surface area contributed by atoms with Gasteiger partial charge in [0.15, 0.2) is 11.5 Å². The molecule has 2 N–H and O–H groups in total. The van der Waals surface area contributed by atoms with Gasteiger partial charge in [-0.3, -0.25) is 9.88 Å². The van der Waals surface area contributed by atoms with E-state index in [2.05, 4.69) is 37.3 Å². The quantitative estimate of drug-likeness (QED) is 0.626. The Balaban J connectivity index is 1.43. The van der Waals surface area contributed by atoms with Crippen molar-refractivity contribution < 1.29 is 18.3 Å². The molecule has 1 atom stereocenters. The molecule has 0 bridgehead atoms. The molecule has 9 heteroatoms. The van der Waals surface area contributed by atoms with Crippen molar-refractivity contribution in [3.8, 4) is 11.4 Å². The van der Waals surface area contributed by atoms with E-state index in [9.17, 15) is 18.3 Å². The fourth-order valence-electron chi connectivity index (χ4n) is 3.61. The van der Waals surface area contributed by atoms with Gasteiger partial charge in [-0.15, -0.1) is 0 Å². The van der Waals surface area contributed by atoms with Crippen LogP contribution < -0.4 is 5.32 Å². The van der Waals surface area contributed by atoms with Crippen molar-refractivity contribution in [1.29, 1.82) is 0 Å². The summed E-state index contributed by atoms with van der Waals surface area (Å²) in [5, 5.41) is 13.3. The second-order valence-electron chi connectivity index (χ2n) is 7.48. The molecule has 0 saturated carbocycles. The van der Waals surface area contributed by atoms with Crippen molar-refractivity contribution in [3.63, 3.8) is 0 Å². The number of nitrogens with zero attached hydrogens (tertiary/aromatic N) is 4. The lowest BCUT2D eigenvalue weighted by atomic mass is 10.00. The third kappa shape index (κ3) is 5.36. The predicted octanol–water partition coefficient (Wildman–Crippen LogP) is 3.39. The molecule has 0 radical (unpaired) electrons. The van der Waals surface area contributed by atoms with E-state index < -0.39 is 18.0 Å². The van der Waals surface area contributed by atoms with Crippen molar-refractivity contribution in [3.05, 3.63) is 71.7 Å². The van der Waals surface area contributed by atoms with Crippen LogP contribution >= 0.6 is 0 Å². The maximum absolute atomic E-state index is 13.3. The van der Waals surface area contributed by atoms with E-state index >= 15 is 0 Å². The molecule has 0 spiro atoms. The van der Waals surface area contributed by atoms with Crippen LogP contribution in [0.25, 0.3) is 11.4 Å². The molecule has 3 heterocycles. The Bertz CT molecular complexity index is 1030. The lowest BCUT2D eigenvalue weighted by Crippen LogP contribution is -2.39. The van der Waals surface area contributed by atoms with Crippen LogP contribution in [0.4, 0.5) is 19.0 Å². The molecular formula is C22H22F3N5O. The number of benzene rings is 1. The topological polar surface area (TPSA) is 74.2 Å². The van der Waals surface area contributed by atoms with E-state index in [0.29, 0.717) is 12.1 Å². The van der Waals surface area contributed by atoms with E-state index in [1.807, 2.05) is 12.1 Å². The summed E-state index contributed by atoms with van der Waals surface area (Å²) >= 11 is 0. The van der Waals surface area contributed by atoms with Gasteiger partial charge >= 0.3 is 6.18 Å². The minimum Gasteiger partial charge on any atom is -0.390 e. The second kappa shape index (κ2) is 8.99. The third-order valence-electron chi connectivity index (χ3n) is 5.15. The van der Waals surface area contributed by atoms with Crippen LogP contribution in [0.5, 0.6) is 0 Å². The van der Waals surface area contributed by atoms with Crippen LogP contribution in [0.1, 0.15) is 16.8 Å². The van der Waals surface area contributed by atoms with Crippen molar-refractivity contribution in [1.82, 2.24) is 19.9 Å². The Morgan fingerprint density at radius 1 is 1.06 bits per heavy atom. The number of aromatic nitrogens is 3.